The van der Waals surface area contributed by atoms with Crippen LogP contribution in [0.1, 0.15) is 77.1 Å². The number of pyridine rings is 1. The van der Waals surface area contributed by atoms with Gasteiger partial charge in [-0.2, -0.15) is 4.98 Å². The van der Waals surface area contributed by atoms with Crippen LogP contribution in [0, 0.1) is 18.8 Å². The number of hydrogen-bond donors (Lipinski definition) is 1. The number of nitrogen functional groups attached to an aromatic ring is 1. The molecule has 10 heteroatoms. The molecule has 1 aliphatic rings. The Morgan fingerprint density at radius 3 is 2.41 bits per heavy atom. The molecular weight excluding hydrogens is 492 g/mol. The van der Waals surface area contributed by atoms with Crippen LogP contribution in [0.3, 0.4) is 0 Å². The van der Waals surface area contributed by atoms with Crippen LogP contribution in [0.4, 0.5) is 11.6 Å². The Balaban J connectivity index is 1.45. The summed E-state index contributed by atoms with van der Waals surface area (Å²) >= 11 is 0. The third-order valence-electron chi connectivity index (χ3n) is 6.87. The first-order chi connectivity index (χ1) is 18.6. The largest absolute Gasteiger partial charge is 0.459 e. The lowest BCUT2D eigenvalue weighted by Gasteiger charge is -2.37. The van der Waals surface area contributed by atoms with Gasteiger partial charge in [0.1, 0.15) is 11.9 Å². The van der Waals surface area contributed by atoms with Gasteiger partial charge in [0.2, 0.25) is 5.91 Å². The van der Waals surface area contributed by atoms with Crippen molar-refractivity contribution in [3.8, 4) is 6.01 Å². The number of ether oxygens (including phenoxy) is 1. The molecule has 4 rings (SSSR count). The number of imidazole rings is 1. The SMILES string of the molecule is CCCC(CCC)Oc1nc(N)c2ncc(Cc3cnc(N4CCN(C(=O)[CH]C(C)(C)C)CC4)c(C)c3)n2n1. The van der Waals surface area contributed by atoms with E-state index < -0.39 is 0 Å². The Kier molecular flexibility index (Phi) is 8.92. The highest BCUT2D eigenvalue weighted by atomic mass is 16.5. The molecule has 39 heavy (non-hydrogen) atoms. The van der Waals surface area contributed by atoms with Gasteiger partial charge in [-0.05, 0) is 36.3 Å². The molecule has 10 nitrogen and oxygen atoms in total. The van der Waals surface area contributed by atoms with Crippen molar-refractivity contribution in [2.45, 2.75) is 79.8 Å². The summed E-state index contributed by atoms with van der Waals surface area (Å²) in [5.74, 6) is 1.38. The van der Waals surface area contributed by atoms with Gasteiger partial charge in [0.25, 0.3) is 0 Å². The number of nitrogens with two attached hydrogens (primary N) is 1. The molecule has 3 aromatic rings. The van der Waals surface area contributed by atoms with Crippen LogP contribution in [-0.4, -0.2) is 67.7 Å². The minimum atomic E-state index is -0.123. The van der Waals surface area contributed by atoms with Crippen molar-refractivity contribution in [1.82, 2.24) is 29.5 Å². The Morgan fingerprint density at radius 2 is 1.79 bits per heavy atom. The summed E-state index contributed by atoms with van der Waals surface area (Å²) in [5, 5.41) is 4.63. The molecule has 1 amide bonds. The van der Waals surface area contributed by atoms with E-state index in [0.29, 0.717) is 31.0 Å². The number of nitrogens with zero attached hydrogens (tertiary/aromatic N) is 7. The molecule has 4 heterocycles. The van der Waals surface area contributed by atoms with E-state index >= 15 is 0 Å². The fraction of sp³-hybridized carbons (Fsp3) is 0.586. The molecule has 2 N–H and O–H groups in total. The van der Waals surface area contributed by atoms with Gasteiger partial charge in [-0.1, -0.05) is 53.5 Å². The van der Waals surface area contributed by atoms with Gasteiger partial charge in [0.05, 0.1) is 18.3 Å². The predicted molar refractivity (Wildman–Crippen MR) is 154 cm³/mol. The number of anilines is 2. The molecule has 1 radical (unpaired) electrons. The average Bonchev–Trinajstić information content (AvgIpc) is 3.26. The van der Waals surface area contributed by atoms with Crippen LogP contribution in [0.15, 0.2) is 18.5 Å². The first-order valence-corrected chi connectivity index (χ1v) is 14.1. The minimum Gasteiger partial charge on any atom is -0.459 e. The zero-order valence-corrected chi connectivity index (χ0v) is 24.3. The number of piperazine rings is 1. The standard InChI is InChI=1S/C29H43N8O2/c1-7-9-23(10-8-2)39-28-33-25(30)27-32-19-22(37(27)34-28)16-21-15-20(3)26(31-18-21)36-13-11-35(12-14-36)24(38)17-29(4,5)6/h15,17-19,23H,7-14,16H2,1-6H3,(H2,30,33,34). The van der Waals surface area contributed by atoms with Crippen molar-refractivity contribution >= 4 is 23.2 Å². The molecule has 211 valence electrons. The maximum atomic E-state index is 12.6. The molecule has 1 aliphatic heterocycles. The maximum absolute atomic E-state index is 12.6. The zero-order valence-electron chi connectivity index (χ0n) is 24.3. The molecule has 0 bridgehead atoms. The second-order valence-electron chi connectivity index (χ2n) is 11.6. The lowest BCUT2D eigenvalue weighted by Crippen LogP contribution is -2.50. The topological polar surface area (TPSA) is 115 Å². The monoisotopic (exact) mass is 535 g/mol. The molecular formula is C29H43N8O2. The number of fused-ring (bicyclic) bond motifs is 1. The number of hydrogen-bond acceptors (Lipinski definition) is 8. The van der Waals surface area contributed by atoms with Gasteiger partial charge < -0.3 is 20.3 Å². The van der Waals surface area contributed by atoms with E-state index in [1.807, 2.05) is 38.3 Å². The fourth-order valence-electron chi connectivity index (χ4n) is 5.02. The van der Waals surface area contributed by atoms with Crippen LogP contribution in [-0.2, 0) is 11.2 Å². The Morgan fingerprint density at radius 1 is 1.10 bits per heavy atom. The second-order valence-corrected chi connectivity index (χ2v) is 11.6. The van der Waals surface area contributed by atoms with Crippen LogP contribution in [0.2, 0.25) is 0 Å². The summed E-state index contributed by atoms with van der Waals surface area (Å²) in [6, 6.07) is 2.45. The lowest BCUT2D eigenvalue weighted by molar-refractivity contribution is -0.128. The quantitative estimate of drug-likeness (QED) is 0.410. The predicted octanol–water partition coefficient (Wildman–Crippen LogP) is 4.25. The zero-order chi connectivity index (χ0) is 28.2. The van der Waals surface area contributed by atoms with Crippen molar-refractivity contribution in [3.63, 3.8) is 0 Å². The Labute approximate surface area is 232 Å². The highest BCUT2D eigenvalue weighted by Gasteiger charge is 2.26. The van der Waals surface area contributed by atoms with E-state index in [4.69, 9.17) is 15.5 Å². The van der Waals surface area contributed by atoms with Crippen molar-refractivity contribution in [3.05, 3.63) is 41.7 Å². The second kappa shape index (κ2) is 12.2. The number of carbonyl (C=O) groups is 1. The first kappa shape index (κ1) is 28.6. The number of carbonyl (C=O) groups excluding carboxylic acids is 1. The highest BCUT2D eigenvalue weighted by molar-refractivity contribution is 5.85. The van der Waals surface area contributed by atoms with Gasteiger partial charge >= 0.3 is 6.01 Å². The number of amides is 1. The fourth-order valence-corrected chi connectivity index (χ4v) is 5.02. The van der Waals surface area contributed by atoms with E-state index in [1.54, 1.807) is 10.7 Å². The molecule has 0 aliphatic carbocycles. The molecule has 0 unspecified atom stereocenters. The Hall–Kier alpha value is -3.43. The molecule has 0 spiro atoms. The smallest absolute Gasteiger partial charge is 0.336 e. The average molecular weight is 536 g/mol. The summed E-state index contributed by atoms with van der Waals surface area (Å²) in [5.41, 5.74) is 9.66. The van der Waals surface area contributed by atoms with Crippen molar-refractivity contribution in [2.24, 2.45) is 5.41 Å². The number of aryl methyl sites for hydroxylation is 1. The van der Waals surface area contributed by atoms with Gasteiger partial charge in [-0.3, -0.25) is 4.79 Å². The number of rotatable bonds is 10. The summed E-state index contributed by atoms with van der Waals surface area (Å²) < 4.78 is 7.85. The molecule has 0 saturated carbocycles. The van der Waals surface area contributed by atoms with E-state index in [9.17, 15) is 4.79 Å². The molecule has 0 aromatic carbocycles. The van der Waals surface area contributed by atoms with Gasteiger partial charge in [-0.15, -0.1) is 5.10 Å². The Bertz CT molecular complexity index is 1270. The third-order valence-corrected chi connectivity index (χ3v) is 6.87. The summed E-state index contributed by atoms with van der Waals surface area (Å²) in [7, 11) is 0. The van der Waals surface area contributed by atoms with E-state index in [1.165, 1.54) is 0 Å². The van der Waals surface area contributed by atoms with Crippen molar-refractivity contribution < 1.29 is 9.53 Å². The van der Waals surface area contributed by atoms with E-state index in [2.05, 4.69) is 46.8 Å². The molecule has 1 fully saturated rings. The van der Waals surface area contributed by atoms with Crippen molar-refractivity contribution in [2.75, 3.05) is 36.8 Å². The molecule has 0 atom stereocenters. The first-order valence-electron chi connectivity index (χ1n) is 14.1. The summed E-state index contributed by atoms with van der Waals surface area (Å²) in [6.07, 6.45) is 10.1. The maximum Gasteiger partial charge on any atom is 0.336 e. The van der Waals surface area contributed by atoms with Gasteiger partial charge in [0, 0.05) is 38.8 Å². The summed E-state index contributed by atoms with van der Waals surface area (Å²) in [4.78, 5) is 30.4. The van der Waals surface area contributed by atoms with Crippen LogP contribution in [0.25, 0.3) is 5.65 Å². The lowest BCUT2D eigenvalue weighted by atomic mass is 9.91. The normalized spacial score (nSPS) is 14.4. The van der Waals surface area contributed by atoms with Crippen LogP contribution < -0.4 is 15.4 Å². The highest BCUT2D eigenvalue weighted by Crippen LogP contribution is 2.24. The molecule has 1 saturated heterocycles. The van der Waals surface area contributed by atoms with E-state index in [-0.39, 0.29) is 23.4 Å². The van der Waals surface area contributed by atoms with Crippen LogP contribution in [0.5, 0.6) is 6.01 Å². The van der Waals surface area contributed by atoms with Crippen molar-refractivity contribution in [1.29, 1.82) is 0 Å². The summed E-state index contributed by atoms with van der Waals surface area (Å²) in [6.45, 7) is 15.4. The van der Waals surface area contributed by atoms with Gasteiger partial charge in [0.15, 0.2) is 11.5 Å². The van der Waals surface area contributed by atoms with E-state index in [0.717, 1.165) is 61.4 Å². The van der Waals surface area contributed by atoms with Crippen LogP contribution >= 0.6 is 0 Å². The molecule has 3 aromatic heterocycles. The third kappa shape index (κ3) is 7.16. The minimum absolute atomic E-state index is 0.0693. The number of aromatic nitrogens is 5. The van der Waals surface area contributed by atoms with Gasteiger partial charge in [-0.25, -0.2) is 14.5 Å².